The fraction of sp³-hybridized carbons (Fsp3) is 0.682. The maximum atomic E-state index is 12.4. The first kappa shape index (κ1) is 24.0. The number of amides is 1. The van der Waals surface area contributed by atoms with Crippen LogP contribution in [0.3, 0.4) is 0 Å². The standard InChI is InChI=1S/C22H35N3O5S/c1-16-14-20(23-31(27,28)24(2)3)21(25(16)22(26)29-4)15-30-19-12-10-18(11-13-19)17-8-6-5-7-9-17/h5-9,16,18-21,23H,10-15H2,1-4H3/t16-,18?,19?,20+,21+/m1/s1. The largest absolute Gasteiger partial charge is 0.453 e. The lowest BCUT2D eigenvalue weighted by atomic mass is 9.83. The van der Waals surface area contributed by atoms with E-state index in [0.29, 0.717) is 12.3 Å². The van der Waals surface area contributed by atoms with E-state index in [-0.39, 0.29) is 18.8 Å². The zero-order chi connectivity index (χ0) is 22.6. The highest BCUT2D eigenvalue weighted by Gasteiger charge is 2.44. The van der Waals surface area contributed by atoms with Gasteiger partial charge < -0.3 is 9.47 Å². The van der Waals surface area contributed by atoms with Gasteiger partial charge in [0.25, 0.3) is 10.2 Å². The summed E-state index contributed by atoms with van der Waals surface area (Å²) in [6, 6.07) is 9.57. The minimum absolute atomic E-state index is 0.112. The number of carbonyl (C=O) groups excluding carboxylic acids is 1. The third-order valence-electron chi connectivity index (χ3n) is 6.51. The summed E-state index contributed by atoms with van der Waals surface area (Å²) in [5.41, 5.74) is 1.38. The van der Waals surface area contributed by atoms with Crippen LogP contribution >= 0.6 is 0 Å². The van der Waals surface area contributed by atoms with Crippen molar-refractivity contribution >= 4 is 16.3 Å². The average Bonchev–Trinajstić information content (AvgIpc) is 3.06. The summed E-state index contributed by atoms with van der Waals surface area (Å²) in [7, 11) is 0.680. The number of nitrogens with zero attached hydrogens (tertiary/aromatic N) is 2. The molecule has 1 heterocycles. The molecule has 1 aromatic rings. The minimum Gasteiger partial charge on any atom is -0.453 e. The summed E-state index contributed by atoms with van der Waals surface area (Å²) >= 11 is 0. The lowest BCUT2D eigenvalue weighted by Crippen LogP contribution is -2.52. The Kier molecular flexibility index (Phi) is 7.96. The van der Waals surface area contributed by atoms with Crippen LogP contribution in [-0.4, -0.2) is 75.8 Å². The van der Waals surface area contributed by atoms with Gasteiger partial charge in [0.15, 0.2) is 0 Å². The van der Waals surface area contributed by atoms with Crippen molar-refractivity contribution in [3.8, 4) is 0 Å². The van der Waals surface area contributed by atoms with Crippen LogP contribution < -0.4 is 4.72 Å². The summed E-state index contributed by atoms with van der Waals surface area (Å²) in [6.45, 7) is 2.18. The maximum Gasteiger partial charge on any atom is 0.410 e. The monoisotopic (exact) mass is 453 g/mol. The molecule has 1 saturated heterocycles. The molecule has 0 unspecified atom stereocenters. The third kappa shape index (κ3) is 5.77. The Balaban J connectivity index is 1.62. The lowest BCUT2D eigenvalue weighted by Gasteiger charge is -2.33. The number of rotatable bonds is 7. The van der Waals surface area contributed by atoms with E-state index in [1.807, 2.05) is 13.0 Å². The van der Waals surface area contributed by atoms with Gasteiger partial charge in [0.1, 0.15) is 0 Å². The normalized spacial score (nSPS) is 29.3. The second kappa shape index (κ2) is 10.3. The molecule has 3 atom stereocenters. The third-order valence-corrected chi connectivity index (χ3v) is 8.07. The van der Waals surface area contributed by atoms with E-state index in [1.54, 1.807) is 4.90 Å². The molecule has 0 radical (unpaired) electrons. The van der Waals surface area contributed by atoms with Gasteiger partial charge in [-0.05, 0) is 50.5 Å². The highest BCUT2D eigenvalue weighted by Crippen LogP contribution is 2.34. The number of carbonyl (C=O) groups is 1. The van der Waals surface area contributed by atoms with E-state index < -0.39 is 28.4 Å². The minimum atomic E-state index is -3.63. The van der Waals surface area contributed by atoms with E-state index in [1.165, 1.54) is 26.8 Å². The topological polar surface area (TPSA) is 88.2 Å². The second-order valence-electron chi connectivity index (χ2n) is 8.76. The van der Waals surface area contributed by atoms with Gasteiger partial charge in [-0.3, -0.25) is 4.90 Å². The van der Waals surface area contributed by atoms with Gasteiger partial charge in [-0.15, -0.1) is 0 Å². The molecule has 0 spiro atoms. The summed E-state index contributed by atoms with van der Waals surface area (Å²) in [5.74, 6) is 0.554. The molecule has 1 aliphatic heterocycles. The van der Waals surface area contributed by atoms with Crippen LogP contribution in [0.2, 0.25) is 0 Å². The Bertz CT molecular complexity index is 825. The van der Waals surface area contributed by atoms with Crippen LogP contribution in [0.15, 0.2) is 30.3 Å². The van der Waals surface area contributed by atoms with Gasteiger partial charge >= 0.3 is 6.09 Å². The Morgan fingerprint density at radius 2 is 1.81 bits per heavy atom. The van der Waals surface area contributed by atoms with Gasteiger partial charge in [0, 0.05) is 26.2 Å². The smallest absolute Gasteiger partial charge is 0.410 e. The molecule has 174 valence electrons. The molecule has 1 aliphatic carbocycles. The molecule has 1 saturated carbocycles. The molecule has 2 fully saturated rings. The number of ether oxygens (including phenoxy) is 2. The second-order valence-corrected chi connectivity index (χ2v) is 10.7. The van der Waals surface area contributed by atoms with E-state index in [4.69, 9.17) is 9.47 Å². The molecule has 0 aromatic heterocycles. The first-order valence-electron chi connectivity index (χ1n) is 11.0. The average molecular weight is 454 g/mol. The number of benzene rings is 1. The summed E-state index contributed by atoms with van der Waals surface area (Å²) < 4.78 is 39.9. The van der Waals surface area contributed by atoms with Gasteiger partial charge in [-0.1, -0.05) is 30.3 Å². The Labute approximate surface area is 186 Å². The highest BCUT2D eigenvalue weighted by atomic mass is 32.2. The number of likely N-dealkylation sites (tertiary alicyclic amines) is 1. The molecule has 0 bridgehead atoms. The molecule has 1 aromatic carbocycles. The molecule has 8 nitrogen and oxygen atoms in total. The summed E-state index contributed by atoms with van der Waals surface area (Å²) in [4.78, 5) is 14.0. The quantitative estimate of drug-likeness (QED) is 0.686. The zero-order valence-electron chi connectivity index (χ0n) is 18.9. The van der Waals surface area contributed by atoms with Crippen molar-refractivity contribution in [2.24, 2.45) is 0 Å². The van der Waals surface area contributed by atoms with Gasteiger partial charge in [-0.25, -0.2) is 4.79 Å². The maximum absolute atomic E-state index is 12.4. The summed E-state index contributed by atoms with van der Waals surface area (Å²) in [5, 5.41) is 0. The summed E-state index contributed by atoms with van der Waals surface area (Å²) in [6.07, 6.45) is 4.20. The van der Waals surface area contributed by atoms with Crippen LogP contribution in [0.1, 0.15) is 50.5 Å². The Morgan fingerprint density at radius 3 is 2.39 bits per heavy atom. The van der Waals surface area contributed by atoms with Crippen LogP contribution in [0.4, 0.5) is 4.79 Å². The van der Waals surface area contributed by atoms with Gasteiger partial charge in [-0.2, -0.15) is 17.4 Å². The predicted molar refractivity (Wildman–Crippen MR) is 119 cm³/mol. The SMILES string of the molecule is COC(=O)N1[C@H](C)C[C@H](NS(=O)(=O)N(C)C)[C@@H]1COC1CCC(c2ccccc2)CC1. The van der Waals surface area contributed by atoms with Crippen molar-refractivity contribution in [1.29, 1.82) is 0 Å². The van der Waals surface area contributed by atoms with Crippen LogP contribution in [0.25, 0.3) is 0 Å². The van der Waals surface area contributed by atoms with Crippen molar-refractivity contribution in [3.05, 3.63) is 35.9 Å². The van der Waals surface area contributed by atoms with Crippen LogP contribution in [-0.2, 0) is 19.7 Å². The molecule has 3 rings (SSSR count). The van der Waals surface area contributed by atoms with Crippen molar-refractivity contribution < 1.29 is 22.7 Å². The van der Waals surface area contributed by atoms with E-state index in [9.17, 15) is 13.2 Å². The molecule has 1 amide bonds. The van der Waals surface area contributed by atoms with Gasteiger partial charge in [0.2, 0.25) is 0 Å². The van der Waals surface area contributed by atoms with Crippen molar-refractivity contribution in [2.75, 3.05) is 27.8 Å². The number of methoxy groups -OCH3 is 1. The number of hydrogen-bond donors (Lipinski definition) is 1. The van der Waals surface area contributed by atoms with E-state index in [0.717, 1.165) is 30.0 Å². The first-order valence-corrected chi connectivity index (χ1v) is 12.4. The number of nitrogens with one attached hydrogen (secondary N) is 1. The molecule has 31 heavy (non-hydrogen) atoms. The fourth-order valence-electron chi connectivity index (χ4n) is 4.72. The van der Waals surface area contributed by atoms with Gasteiger partial charge in [0.05, 0.1) is 25.9 Å². The zero-order valence-corrected chi connectivity index (χ0v) is 19.7. The highest BCUT2D eigenvalue weighted by molar-refractivity contribution is 7.87. The molecule has 1 N–H and O–H groups in total. The van der Waals surface area contributed by atoms with Crippen LogP contribution in [0, 0.1) is 0 Å². The van der Waals surface area contributed by atoms with E-state index >= 15 is 0 Å². The predicted octanol–water partition coefficient (Wildman–Crippen LogP) is 2.72. The fourth-order valence-corrected chi connectivity index (χ4v) is 5.57. The first-order chi connectivity index (χ1) is 14.7. The van der Waals surface area contributed by atoms with Crippen molar-refractivity contribution in [2.45, 2.75) is 69.2 Å². The molecule has 2 aliphatic rings. The molecule has 9 heteroatoms. The van der Waals surface area contributed by atoms with Crippen molar-refractivity contribution in [1.82, 2.24) is 13.9 Å². The van der Waals surface area contributed by atoms with E-state index in [2.05, 4.69) is 29.0 Å². The molecular weight excluding hydrogens is 418 g/mol. The number of hydrogen-bond acceptors (Lipinski definition) is 5. The molecular formula is C22H35N3O5S. The Morgan fingerprint density at radius 1 is 1.16 bits per heavy atom. The van der Waals surface area contributed by atoms with Crippen LogP contribution in [0.5, 0.6) is 0 Å². The van der Waals surface area contributed by atoms with Crippen molar-refractivity contribution in [3.63, 3.8) is 0 Å². The Hall–Kier alpha value is -1.68. The lowest BCUT2D eigenvalue weighted by molar-refractivity contribution is -0.00864.